The molecule has 0 aliphatic carbocycles. The smallest absolute Gasteiger partial charge is 0.164 e. The van der Waals surface area contributed by atoms with E-state index in [4.69, 9.17) is 15.0 Å². The van der Waals surface area contributed by atoms with Crippen molar-refractivity contribution < 1.29 is 0 Å². The highest BCUT2D eigenvalue weighted by molar-refractivity contribution is 7.99. The molecule has 0 saturated carbocycles. The van der Waals surface area contributed by atoms with Crippen LogP contribution in [0.1, 0.15) is 0 Å². The monoisotopic (exact) mass is 771 g/mol. The van der Waals surface area contributed by atoms with Crippen molar-refractivity contribution in [3.8, 4) is 67.8 Å². The van der Waals surface area contributed by atoms with Crippen LogP contribution in [0.15, 0.2) is 210 Å². The summed E-state index contributed by atoms with van der Waals surface area (Å²) in [7, 11) is 0. The first-order valence-electron chi connectivity index (χ1n) is 19.8. The van der Waals surface area contributed by atoms with Crippen LogP contribution < -0.4 is 0 Å². The van der Waals surface area contributed by atoms with Gasteiger partial charge in [-0.05, 0) is 64.7 Å². The fraction of sp³-hybridized carbons (Fsp3) is 0. The lowest BCUT2D eigenvalue weighted by Gasteiger charge is -2.22. The third-order valence-electron chi connectivity index (χ3n) is 11.4. The predicted octanol–water partition coefficient (Wildman–Crippen LogP) is 13.7. The fourth-order valence-electron chi connectivity index (χ4n) is 8.60. The van der Waals surface area contributed by atoms with Crippen molar-refractivity contribution in [1.29, 1.82) is 0 Å². The number of hydrogen-bond donors (Lipinski definition) is 0. The second-order valence-electron chi connectivity index (χ2n) is 14.9. The molecule has 3 aromatic heterocycles. The number of benzene rings is 8. The second kappa shape index (κ2) is 13.5. The van der Waals surface area contributed by atoms with E-state index in [-0.39, 0.29) is 0 Å². The summed E-state index contributed by atoms with van der Waals surface area (Å²) >= 11 is 1.82. The lowest BCUT2D eigenvalue weighted by molar-refractivity contribution is 1.02. The molecule has 0 radical (unpaired) electrons. The summed E-state index contributed by atoms with van der Waals surface area (Å²) < 4.78 is 4.88. The van der Waals surface area contributed by atoms with Crippen LogP contribution in [0.25, 0.3) is 101 Å². The molecule has 12 rings (SSSR count). The Balaban J connectivity index is 1.06. The molecular formula is C53H33N5S. The average Bonchev–Trinajstić information content (AvgIpc) is 3.84. The van der Waals surface area contributed by atoms with Gasteiger partial charge in [0, 0.05) is 48.3 Å². The topological polar surface area (TPSA) is 48.5 Å². The first-order valence-corrected chi connectivity index (χ1v) is 20.6. The first kappa shape index (κ1) is 33.6. The van der Waals surface area contributed by atoms with Gasteiger partial charge >= 0.3 is 0 Å². The number of fused-ring (bicyclic) bond motifs is 7. The normalized spacial score (nSPS) is 12.0. The van der Waals surface area contributed by atoms with Gasteiger partial charge in [0.15, 0.2) is 17.5 Å². The van der Waals surface area contributed by atoms with Gasteiger partial charge in [-0.3, -0.25) is 9.13 Å². The highest BCUT2D eigenvalue weighted by atomic mass is 32.2. The zero-order chi connectivity index (χ0) is 38.9. The van der Waals surface area contributed by atoms with Crippen LogP contribution in [-0.2, 0) is 0 Å². The van der Waals surface area contributed by atoms with E-state index >= 15 is 0 Å². The third kappa shape index (κ3) is 5.52. The quantitative estimate of drug-likeness (QED) is 0.169. The summed E-state index contributed by atoms with van der Waals surface area (Å²) in [5, 5.41) is 3.73. The summed E-state index contributed by atoms with van der Waals surface area (Å²) in [6, 6.07) is 70.7. The van der Waals surface area contributed by atoms with E-state index in [1.807, 2.05) is 23.9 Å². The highest BCUT2D eigenvalue weighted by Crippen LogP contribution is 2.50. The van der Waals surface area contributed by atoms with Crippen molar-refractivity contribution in [2.45, 2.75) is 9.79 Å². The molecule has 4 heterocycles. The van der Waals surface area contributed by atoms with Crippen LogP contribution in [-0.4, -0.2) is 24.1 Å². The maximum absolute atomic E-state index is 5.22. The Hall–Kier alpha value is -7.54. The summed E-state index contributed by atoms with van der Waals surface area (Å²) in [6.45, 7) is 0. The minimum absolute atomic E-state index is 0.624. The van der Waals surface area contributed by atoms with Crippen LogP contribution in [0.3, 0.4) is 0 Å². The lowest BCUT2D eigenvalue weighted by atomic mass is 10.0. The van der Waals surface area contributed by atoms with E-state index in [1.165, 1.54) is 48.1 Å². The molecule has 8 aromatic carbocycles. The molecule has 0 fully saturated rings. The molecule has 0 spiro atoms. The largest absolute Gasteiger partial charge is 0.295 e. The Morgan fingerprint density at radius 2 is 0.847 bits per heavy atom. The van der Waals surface area contributed by atoms with Crippen molar-refractivity contribution in [1.82, 2.24) is 24.1 Å². The molecule has 0 amide bonds. The molecule has 6 heteroatoms. The van der Waals surface area contributed by atoms with Gasteiger partial charge in [0.05, 0.1) is 16.7 Å². The molecule has 0 bridgehead atoms. The molecule has 1 aliphatic rings. The molecule has 11 aromatic rings. The number of para-hydroxylation sites is 3. The van der Waals surface area contributed by atoms with Crippen molar-refractivity contribution in [3.05, 3.63) is 200 Å². The Morgan fingerprint density at radius 1 is 0.356 bits per heavy atom. The molecule has 0 unspecified atom stereocenters. The summed E-state index contributed by atoms with van der Waals surface area (Å²) in [4.78, 5) is 18.0. The molecule has 0 atom stereocenters. The van der Waals surface area contributed by atoms with Gasteiger partial charge in [-0.15, -0.1) is 0 Å². The molecule has 5 nitrogen and oxygen atoms in total. The number of nitrogens with zero attached hydrogens (tertiary/aromatic N) is 5. The number of hydrogen-bond acceptors (Lipinski definition) is 4. The van der Waals surface area contributed by atoms with Gasteiger partial charge < -0.3 is 0 Å². The minimum atomic E-state index is 0.624. The van der Waals surface area contributed by atoms with E-state index in [1.54, 1.807) is 0 Å². The Bertz CT molecular complexity index is 3270. The number of rotatable bonds is 6. The predicted molar refractivity (Wildman–Crippen MR) is 242 cm³/mol. The SMILES string of the molecule is c1ccc(-c2ccc(-c3nc(-c4ccc(-c5ccccc5)cc4)nc(-c4ccc5c(c4)-n4c6c(cccc6c6c7ccccc7n(-c7ccccc7)c64)S5)n3)cc2)cc1. The zero-order valence-corrected chi connectivity index (χ0v) is 32.5. The maximum Gasteiger partial charge on any atom is 0.164 e. The van der Waals surface area contributed by atoms with Crippen molar-refractivity contribution in [2.24, 2.45) is 0 Å². The molecular weight excluding hydrogens is 739 g/mol. The first-order chi connectivity index (χ1) is 29.2. The van der Waals surface area contributed by atoms with Crippen LogP contribution in [0.5, 0.6) is 0 Å². The highest BCUT2D eigenvalue weighted by Gasteiger charge is 2.28. The fourth-order valence-corrected chi connectivity index (χ4v) is 9.68. The van der Waals surface area contributed by atoms with Crippen molar-refractivity contribution >= 4 is 44.6 Å². The van der Waals surface area contributed by atoms with E-state index in [0.717, 1.165) is 44.8 Å². The summed E-state index contributed by atoms with van der Waals surface area (Å²) in [5.74, 6) is 1.88. The van der Waals surface area contributed by atoms with E-state index < -0.39 is 0 Å². The zero-order valence-electron chi connectivity index (χ0n) is 31.7. The van der Waals surface area contributed by atoms with E-state index in [9.17, 15) is 0 Å². The van der Waals surface area contributed by atoms with Gasteiger partial charge in [0.1, 0.15) is 5.65 Å². The lowest BCUT2D eigenvalue weighted by Crippen LogP contribution is -2.06. The van der Waals surface area contributed by atoms with Crippen LogP contribution in [0, 0.1) is 0 Å². The average molecular weight is 772 g/mol. The maximum atomic E-state index is 5.22. The van der Waals surface area contributed by atoms with Crippen LogP contribution in [0.4, 0.5) is 0 Å². The Labute approximate surface area is 344 Å². The van der Waals surface area contributed by atoms with Gasteiger partial charge in [0.25, 0.3) is 0 Å². The molecule has 59 heavy (non-hydrogen) atoms. The van der Waals surface area contributed by atoms with Gasteiger partial charge in [-0.1, -0.05) is 169 Å². The molecule has 0 N–H and O–H groups in total. The van der Waals surface area contributed by atoms with E-state index in [2.05, 4.69) is 197 Å². The molecule has 0 saturated heterocycles. The standard InChI is InChI=1S/C53H33N5S/c1-4-13-34(14-5-1)36-23-27-38(28-24-36)50-54-51(39-29-25-37(26-30-39)35-15-6-2-7-16-35)56-52(55-50)40-31-32-46-45(33-40)58-49-43(20-12-22-47(49)59-46)48-42-19-10-11-21-44(42)57(53(48)58)41-17-8-3-9-18-41/h1-33H. The van der Waals surface area contributed by atoms with Crippen LogP contribution in [0.2, 0.25) is 0 Å². The third-order valence-corrected chi connectivity index (χ3v) is 12.5. The summed E-state index contributed by atoms with van der Waals surface area (Å²) in [5.41, 5.74) is 13.2. The molecule has 1 aliphatic heterocycles. The summed E-state index contributed by atoms with van der Waals surface area (Å²) in [6.07, 6.45) is 0. The Morgan fingerprint density at radius 3 is 1.47 bits per heavy atom. The Kier molecular flexibility index (Phi) is 7.71. The second-order valence-corrected chi connectivity index (χ2v) is 15.9. The van der Waals surface area contributed by atoms with Gasteiger partial charge in [-0.25, -0.2) is 15.0 Å². The molecule has 276 valence electrons. The van der Waals surface area contributed by atoms with Gasteiger partial charge in [0.2, 0.25) is 0 Å². The van der Waals surface area contributed by atoms with Crippen molar-refractivity contribution in [3.63, 3.8) is 0 Å². The van der Waals surface area contributed by atoms with Crippen molar-refractivity contribution in [2.75, 3.05) is 0 Å². The van der Waals surface area contributed by atoms with Gasteiger partial charge in [-0.2, -0.15) is 0 Å². The minimum Gasteiger partial charge on any atom is -0.295 e. The number of aromatic nitrogens is 5. The van der Waals surface area contributed by atoms with E-state index in [0.29, 0.717) is 17.5 Å². The van der Waals surface area contributed by atoms with Crippen LogP contribution >= 0.6 is 11.8 Å².